The van der Waals surface area contributed by atoms with Crippen molar-refractivity contribution < 1.29 is 8.94 Å². The van der Waals surface area contributed by atoms with Gasteiger partial charge in [-0.25, -0.2) is 4.98 Å². The molecule has 3 heterocycles. The van der Waals surface area contributed by atoms with E-state index in [0.717, 1.165) is 42.8 Å². The van der Waals surface area contributed by atoms with Gasteiger partial charge in [0.15, 0.2) is 5.82 Å². The maximum absolute atomic E-state index is 5.57. The van der Waals surface area contributed by atoms with E-state index in [1.807, 2.05) is 6.92 Å². The molecule has 1 aliphatic heterocycles. The van der Waals surface area contributed by atoms with E-state index in [1.54, 1.807) is 6.20 Å². The molecule has 1 aliphatic carbocycles. The zero-order valence-corrected chi connectivity index (χ0v) is 11.6. The molecular formula is C14H18N4O2. The molecule has 1 atom stereocenters. The van der Waals surface area contributed by atoms with Gasteiger partial charge in [-0.05, 0) is 39.2 Å². The summed E-state index contributed by atoms with van der Waals surface area (Å²) in [6.45, 7) is 3.66. The molecule has 0 N–H and O–H groups in total. The van der Waals surface area contributed by atoms with Crippen molar-refractivity contribution in [1.82, 2.24) is 20.0 Å². The summed E-state index contributed by atoms with van der Waals surface area (Å²) in [6.07, 6.45) is 6.36. The lowest BCUT2D eigenvalue weighted by atomic mass is 10.2. The van der Waals surface area contributed by atoms with E-state index >= 15 is 0 Å². The van der Waals surface area contributed by atoms with Gasteiger partial charge in [0.1, 0.15) is 5.76 Å². The van der Waals surface area contributed by atoms with Crippen LogP contribution in [0.15, 0.2) is 15.1 Å². The van der Waals surface area contributed by atoms with Gasteiger partial charge in [0.05, 0.1) is 18.8 Å². The quantitative estimate of drug-likeness (QED) is 0.853. The minimum atomic E-state index is 0.235. The van der Waals surface area contributed by atoms with Gasteiger partial charge in [0, 0.05) is 5.92 Å². The average molecular weight is 274 g/mol. The Morgan fingerprint density at radius 1 is 1.35 bits per heavy atom. The summed E-state index contributed by atoms with van der Waals surface area (Å²) in [7, 11) is 0. The van der Waals surface area contributed by atoms with E-state index in [4.69, 9.17) is 8.94 Å². The van der Waals surface area contributed by atoms with E-state index in [1.165, 1.54) is 12.8 Å². The summed E-state index contributed by atoms with van der Waals surface area (Å²) in [6, 6.07) is 0.235. The third-order valence-corrected chi connectivity index (χ3v) is 4.05. The summed E-state index contributed by atoms with van der Waals surface area (Å²) in [4.78, 5) is 11.2. The van der Waals surface area contributed by atoms with Crippen molar-refractivity contribution in [2.75, 3.05) is 6.54 Å². The van der Waals surface area contributed by atoms with Crippen molar-refractivity contribution in [3.63, 3.8) is 0 Å². The van der Waals surface area contributed by atoms with Crippen LogP contribution < -0.4 is 0 Å². The van der Waals surface area contributed by atoms with Crippen LogP contribution in [0.5, 0.6) is 0 Å². The van der Waals surface area contributed by atoms with Gasteiger partial charge in [-0.3, -0.25) is 4.90 Å². The van der Waals surface area contributed by atoms with Crippen LogP contribution in [0.25, 0.3) is 0 Å². The van der Waals surface area contributed by atoms with Gasteiger partial charge in [-0.1, -0.05) is 5.16 Å². The average Bonchev–Trinajstić information content (AvgIpc) is 2.87. The highest BCUT2D eigenvalue weighted by Crippen LogP contribution is 2.40. The van der Waals surface area contributed by atoms with Gasteiger partial charge in [0.2, 0.25) is 11.8 Å². The molecule has 6 nitrogen and oxygen atoms in total. The molecule has 1 unspecified atom stereocenters. The van der Waals surface area contributed by atoms with E-state index in [0.29, 0.717) is 12.5 Å². The lowest BCUT2D eigenvalue weighted by Gasteiger charge is -2.19. The van der Waals surface area contributed by atoms with Crippen LogP contribution in [0, 0.1) is 6.92 Å². The number of hydrogen-bond acceptors (Lipinski definition) is 6. The van der Waals surface area contributed by atoms with E-state index in [-0.39, 0.29) is 6.04 Å². The highest BCUT2D eigenvalue weighted by molar-refractivity contribution is 5.05. The summed E-state index contributed by atoms with van der Waals surface area (Å²) in [5.41, 5.74) is 0. The fraction of sp³-hybridized carbons (Fsp3) is 0.643. The number of nitrogens with zero attached hydrogens (tertiary/aromatic N) is 4. The minimum Gasteiger partial charge on any atom is -0.445 e. The molecule has 6 heteroatoms. The molecule has 1 saturated carbocycles. The third kappa shape index (κ3) is 2.24. The number of rotatable bonds is 4. The van der Waals surface area contributed by atoms with Crippen LogP contribution in [0.1, 0.15) is 61.0 Å². The molecule has 0 amide bonds. The monoisotopic (exact) mass is 274 g/mol. The lowest BCUT2D eigenvalue weighted by Crippen LogP contribution is -2.23. The Hall–Kier alpha value is -1.69. The van der Waals surface area contributed by atoms with Gasteiger partial charge in [-0.2, -0.15) is 4.98 Å². The third-order valence-electron chi connectivity index (χ3n) is 4.05. The molecular weight excluding hydrogens is 256 g/mol. The number of aromatic nitrogens is 3. The first-order chi connectivity index (χ1) is 9.79. The smallest absolute Gasteiger partial charge is 0.229 e. The van der Waals surface area contributed by atoms with E-state index in [2.05, 4.69) is 20.0 Å². The summed E-state index contributed by atoms with van der Waals surface area (Å²) >= 11 is 0. The Morgan fingerprint density at radius 2 is 2.25 bits per heavy atom. The van der Waals surface area contributed by atoms with Crippen LogP contribution in [-0.2, 0) is 6.54 Å². The second kappa shape index (κ2) is 4.70. The van der Waals surface area contributed by atoms with Gasteiger partial charge in [-0.15, -0.1) is 0 Å². The van der Waals surface area contributed by atoms with Crippen LogP contribution in [0.3, 0.4) is 0 Å². The predicted octanol–water partition coefficient (Wildman–Crippen LogP) is 2.58. The maximum atomic E-state index is 5.57. The number of likely N-dealkylation sites (tertiary alicyclic amines) is 1. The Bertz CT molecular complexity index is 602. The SMILES string of the molecule is Cc1cnc(CN2CCCC2c2noc(C3CC3)n2)o1. The molecule has 2 aromatic heterocycles. The molecule has 0 radical (unpaired) electrons. The topological polar surface area (TPSA) is 68.2 Å². The van der Waals surface area contributed by atoms with Gasteiger partial charge < -0.3 is 8.94 Å². The van der Waals surface area contributed by atoms with Crippen LogP contribution in [0.2, 0.25) is 0 Å². The lowest BCUT2D eigenvalue weighted by molar-refractivity contribution is 0.211. The van der Waals surface area contributed by atoms with E-state index in [9.17, 15) is 0 Å². The molecule has 20 heavy (non-hydrogen) atoms. The van der Waals surface area contributed by atoms with Crippen molar-refractivity contribution in [3.8, 4) is 0 Å². The van der Waals surface area contributed by atoms with Gasteiger partial charge in [0.25, 0.3) is 0 Å². The maximum Gasteiger partial charge on any atom is 0.229 e. The molecule has 2 aliphatic rings. The normalized spacial score (nSPS) is 23.6. The van der Waals surface area contributed by atoms with Crippen molar-refractivity contribution >= 4 is 0 Å². The van der Waals surface area contributed by atoms with Crippen molar-refractivity contribution in [1.29, 1.82) is 0 Å². The van der Waals surface area contributed by atoms with Crippen molar-refractivity contribution in [2.24, 2.45) is 0 Å². The molecule has 106 valence electrons. The molecule has 0 spiro atoms. The fourth-order valence-electron chi connectivity index (χ4n) is 2.83. The molecule has 0 aromatic carbocycles. The Labute approximate surface area is 117 Å². The first-order valence-electron chi connectivity index (χ1n) is 7.28. The summed E-state index contributed by atoms with van der Waals surface area (Å²) in [5.74, 6) is 3.78. The standard InChI is InChI=1S/C14H18N4O2/c1-9-7-15-12(19-9)8-18-6-2-3-11(18)13-16-14(20-17-13)10-4-5-10/h7,10-11H,2-6,8H2,1H3. The first kappa shape index (κ1) is 12.1. The highest BCUT2D eigenvalue weighted by Gasteiger charge is 2.34. The number of oxazole rings is 1. The molecule has 4 rings (SSSR count). The molecule has 0 bridgehead atoms. The molecule has 2 fully saturated rings. The molecule has 2 aromatic rings. The zero-order chi connectivity index (χ0) is 13.5. The summed E-state index contributed by atoms with van der Waals surface area (Å²) < 4.78 is 10.9. The van der Waals surface area contributed by atoms with Crippen molar-refractivity contribution in [3.05, 3.63) is 29.6 Å². The largest absolute Gasteiger partial charge is 0.445 e. The number of hydrogen-bond donors (Lipinski definition) is 0. The van der Waals surface area contributed by atoms with Crippen molar-refractivity contribution in [2.45, 2.75) is 51.1 Å². The predicted molar refractivity (Wildman–Crippen MR) is 69.9 cm³/mol. The highest BCUT2D eigenvalue weighted by atomic mass is 16.5. The van der Waals surface area contributed by atoms with Crippen LogP contribution in [-0.4, -0.2) is 26.6 Å². The van der Waals surface area contributed by atoms with Crippen LogP contribution in [0.4, 0.5) is 0 Å². The second-order valence-electron chi connectivity index (χ2n) is 5.76. The van der Waals surface area contributed by atoms with E-state index < -0.39 is 0 Å². The number of aryl methyl sites for hydroxylation is 1. The first-order valence-corrected chi connectivity index (χ1v) is 7.28. The fourth-order valence-corrected chi connectivity index (χ4v) is 2.83. The second-order valence-corrected chi connectivity index (χ2v) is 5.76. The Morgan fingerprint density at radius 3 is 3.00 bits per heavy atom. The van der Waals surface area contributed by atoms with Crippen LogP contribution >= 0.6 is 0 Å². The summed E-state index contributed by atoms with van der Waals surface area (Å²) in [5, 5.41) is 4.18. The van der Waals surface area contributed by atoms with Gasteiger partial charge >= 0.3 is 0 Å². The molecule has 1 saturated heterocycles. The Balaban J connectivity index is 1.50. The Kier molecular flexibility index (Phi) is 2.84. The zero-order valence-electron chi connectivity index (χ0n) is 11.6. The minimum absolute atomic E-state index is 0.235.